The summed E-state index contributed by atoms with van der Waals surface area (Å²) in [4.78, 5) is 6.66. The summed E-state index contributed by atoms with van der Waals surface area (Å²) in [6.07, 6.45) is 4.51. The monoisotopic (exact) mass is 235 g/mol. The number of hydrogen-bond donors (Lipinski definition) is 1. The molecule has 94 valence electrons. The summed E-state index contributed by atoms with van der Waals surface area (Å²) in [5.74, 6) is 0. The van der Waals surface area contributed by atoms with Crippen molar-refractivity contribution in [2.45, 2.75) is 32.0 Å². The second kappa shape index (κ2) is 6.10. The van der Waals surface area contributed by atoms with Gasteiger partial charge in [0.25, 0.3) is 0 Å². The van der Waals surface area contributed by atoms with Crippen LogP contribution in [-0.4, -0.2) is 36.1 Å². The Balaban J connectivity index is 1.63. The Hall–Kier alpha value is -0.970. The van der Waals surface area contributed by atoms with Crippen molar-refractivity contribution in [1.82, 2.24) is 9.88 Å². The van der Waals surface area contributed by atoms with Gasteiger partial charge in [-0.1, -0.05) is 6.07 Å². The minimum absolute atomic E-state index is 0.542. The van der Waals surface area contributed by atoms with Crippen LogP contribution in [0.15, 0.2) is 18.3 Å². The molecular formula is C13H21N3O. The summed E-state index contributed by atoms with van der Waals surface area (Å²) >= 11 is 0. The van der Waals surface area contributed by atoms with Crippen LogP contribution < -0.4 is 5.73 Å². The molecule has 2 N–H and O–H groups in total. The van der Waals surface area contributed by atoms with Crippen LogP contribution in [0.4, 0.5) is 0 Å². The van der Waals surface area contributed by atoms with E-state index in [2.05, 4.69) is 16.9 Å². The standard InChI is InChI=1S/C13H21N3O/c1-16(13-4-5-13)6-7-17-10-12-3-2-11(8-14)9-15-12/h2-3,9,13H,4-8,10,14H2,1H3. The van der Waals surface area contributed by atoms with Gasteiger partial charge in [0, 0.05) is 25.3 Å². The minimum atomic E-state index is 0.542. The van der Waals surface area contributed by atoms with E-state index in [1.54, 1.807) is 0 Å². The number of hydrogen-bond acceptors (Lipinski definition) is 4. The largest absolute Gasteiger partial charge is 0.374 e. The lowest BCUT2D eigenvalue weighted by atomic mass is 10.2. The van der Waals surface area contributed by atoms with Crippen LogP contribution in [0.5, 0.6) is 0 Å². The molecule has 1 aromatic heterocycles. The van der Waals surface area contributed by atoms with E-state index in [9.17, 15) is 0 Å². The van der Waals surface area contributed by atoms with Crippen LogP contribution >= 0.6 is 0 Å². The van der Waals surface area contributed by atoms with Gasteiger partial charge in [-0.05, 0) is 31.5 Å². The number of nitrogens with two attached hydrogens (primary N) is 1. The molecular weight excluding hydrogens is 214 g/mol. The van der Waals surface area contributed by atoms with Gasteiger partial charge < -0.3 is 15.4 Å². The van der Waals surface area contributed by atoms with Gasteiger partial charge >= 0.3 is 0 Å². The molecule has 4 nitrogen and oxygen atoms in total. The van der Waals surface area contributed by atoms with Crippen molar-refractivity contribution in [2.24, 2.45) is 5.73 Å². The van der Waals surface area contributed by atoms with Crippen LogP contribution in [0.3, 0.4) is 0 Å². The van der Waals surface area contributed by atoms with Gasteiger partial charge in [-0.15, -0.1) is 0 Å². The van der Waals surface area contributed by atoms with E-state index in [0.717, 1.165) is 30.5 Å². The Labute approximate surface area is 103 Å². The zero-order valence-electron chi connectivity index (χ0n) is 10.4. The van der Waals surface area contributed by atoms with Crippen molar-refractivity contribution < 1.29 is 4.74 Å². The van der Waals surface area contributed by atoms with E-state index >= 15 is 0 Å². The Morgan fingerprint density at radius 1 is 1.47 bits per heavy atom. The van der Waals surface area contributed by atoms with Crippen molar-refractivity contribution in [3.8, 4) is 0 Å². The molecule has 1 aromatic rings. The quantitative estimate of drug-likeness (QED) is 0.720. The van der Waals surface area contributed by atoms with Crippen molar-refractivity contribution in [3.05, 3.63) is 29.6 Å². The molecule has 0 radical (unpaired) electrons. The molecule has 1 aliphatic rings. The lowest BCUT2D eigenvalue weighted by Gasteiger charge is -2.15. The minimum Gasteiger partial charge on any atom is -0.374 e. The van der Waals surface area contributed by atoms with Gasteiger partial charge in [0.2, 0.25) is 0 Å². The first kappa shape index (κ1) is 12.5. The average Bonchev–Trinajstić information content (AvgIpc) is 3.19. The predicted molar refractivity (Wildman–Crippen MR) is 67.4 cm³/mol. The molecule has 4 heteroatoms. The van der Waals surface area contributed by atoms with Gasteiger partial charge in [0.05, 0.1) is 18.9 Å². The highest BCUT2D eigenvalue weighted by atomic mass is 16.5. The number of ether oxygens (including phenoxy) is 1. The molecule has 17 heavy (non-hydrogen) atoms. The lowest BCUT2D eigenvalue weighted by molar-refractivity contribution is 0.0957. The Kier molecular flexibility index (Phi) is 4.48. The molecule has 1 fully saturated rings. The van der Waals surface area contributed by atoms with Crippen molar-refractivity contribution in [1.29, 1.82) is 0 Å². The molecule has 0 spiro atoms. The van der Waals surface area contributed by atoms with Gasteiger partial charge in [-0.2, -0.15) is 0 Å². The highest BCUT2D eigenvalue weighted by Crippen LogP contribution is 2.24. The Morgan fingerprint density at radius 3 is 2.88 bits per heavy atom. The SMILES string of the molecule is CN(CCOCc1ccc(CN)cn1)C1CC1. The molecule has 0 atom stereocenters. The second-order valence-electron chi connectivity index (χ2n) is 4.63. The van der Waals surface area contributed by atoms with E-state index in [4.69, 9.17) is 10.5 Å². The van der Waals surface area contributed by atoms with Crippen molar-refractivity contribution >= 4 is 0 Å². The Bertz CT molecular complexity index is 335. The maximum Gasteiger partial charge on any atom is 0.0888 e. The van der Waals surface area contributed by atoms with Crippen LogP contribution in [0, 0.1) is 0 Å². The maximum absolute atomic E-state index is 5.61. The van der Waals surface area contributed by atoms with E-state index in [-0.39, 0.29) is 0 Å². The van der Waals surface area contributed by atoms with Crippen molar-refractivity contribution in [2.75, 3.05) is 20.2 Å². The summed E-state index contributed by atoms with van der Waals surface area (Å²) in [5.41, 5.74) is 7.54. The summed E-state index contributed by atoms with van der Waals surface area (Å²) in [6, 6.07) is 4.79. The summed E-state index contributed by atoms with van der Waals surface area (Å²) in [7, 11) is 2.16. The molecule has 2 rings (SSSR count). The molecule has 0 bridgehead atoms. The van der Waals surface area contributed by atoms with E-state index < -0.39 is 0 Å². The predicted octanol–water partition coefficient (Wildman–Crippen LogP) is 1.15. The average molecular weight is 235 g/mol. The third-order valence-electron chi connectivity index (χ3n) is 3.13. The zero-order chi connectivity index (χ0) is 12.1. The molecule has 0 unspecified atom stereocenters. The van der Waals surface area contributed by atoms with Crippen LogP contribution in [0.1, 0.15) is 24.1 Å². The number of nitrogens with zero attached hydrogens (tertiary/aromatic N) is 2. The molecule has 1 heterocycles. The van der Waals surface area contributed by atoms with Crippen LogP contribution in [0.25, 0.3) is 0 Å². The smallest absolute Gasteiger partial charge is 0.0888 e. The Morgan fingerprint density at radius 2 is 2.29 bits per heavy atom. The first-order chi connectivity index (χ1) is 8.29. The fourth-order valence-electron chi connectivity index (χ4n) is 1.74. The molecule has 0 aromatic carbocycles. The third-order valence-corrected chi connectivity index (χ3v) is 3.13. The fourth-order valence-corrected chi connectivity index (χ4v) is 1.74. The number of rotatable bonds is 7. The number of aromatic nitrogens is 1. The molecule has 0 saturated heterocycles. The van der Waals surface area contributed by atoms with Gasteiger partial charge in [0.1, 0.15) is 0 Å². The third kappa shape index (κ3) is 4.07. The maximum atomic E-state index is 5.61. The molecule has 1 aliphatic carbocycles. The first-order valence-electron chi connectivity index (χ1n) is 6.21. The summed E-state index contributed by atoms with van der Waals surface area (Å²) < 4.78 is 5.61. The topological polar surface area (TPSA) is 51.4 Å². The fraction of sp³-hybridized carbons (Fsp3) is 0.615. The molecule has 1 saturated carbocycles. The van der Waals surface area contributed by atoms with Gasteiger partial charge in [-0.3, -0.25) is 4.98 Å². The second-order valence-corrected chi connectivity index (χ2v) is 4.63. The van der Waals surface area contributed by atoms with Gasteiger partial charge in [0.15, 0.2) is 0 Å². The highest BCUT2D eigenvalue weighted by Gasteiger charge is 2.25. The highest BCUT2D eigenvalue weighted by molar-refractivity contribution is 5.13. The number of pyridine rings is 1. The summed E-state index contributed by atoms with van der Waals surface area (Å²) in [5, 5.41) is 0. The normalized spacial score (nSPS) is 15.5. The summed E-state index contributed by atoms with van der Waals surface area (Å²) in [6.45, 7) is 2.91. The van der Waals surface area contributed by atoms with Gasteiger partial charge in [-0.25, -0.2) is 0 Å². The number of likely N-dealkylation sites (N-methyl/N-ethyl adjacent to an activating group) is 1. The van der Waals surface area contributed by atoms with Crippen LogP contribution in [-0.2, 0) is 17.9 Å². The van der Waals surface area contributed by atoms with E-state index in [0.29, 0.717) is 13.2 Å². The van der Waals surface area contributed by atoms with Crippen molar-refractivity contribution in [3.63, 3.8) is 0 Å². The molecule has 0 amide bonds. The zero-order valence-corrected chi connectivity index (χ0v) is 10.4. The van der Waals surface area contributed by atoms with E-state index in [1.807, 2.05) is 18.3 Å². The molecule has 0 aliphatic heterocycles. The van der Waals surface area contributed by atoms with Crippen LogP contribution in [0.2, 0.25) is 0 Å². The first-order valence-corrected chi connectivity index (χ1v) is 6.21. The van der Waals surface area contributed by atoms with E-state index in [1.165, 1.54) is 12.8 Å². The lowest BCUT2D eigenvalue weighted by Crippen LogP contribution is -2.25.